The lowest BCUT2D eigenvalue weighted by Gasteiger charge is -2.03. The van der Waals surface area contributed by atoms with Gasteiger partial charge in [0.05, 0.1) is 7.11 Å². The lowest BCUT2D eigenvalue weighted by Crippen LogP contribution is -2.15. The Balaban J connectivity index is 2.86. The predicted molar refractivity (Wildman–Crippen MR) is 52.9 cm³/mol. The summed E-state index contributed by atoms with van der Waals surface area (Å²) < 4.78 is 4.83. The summed E-state index contributed by atoms with van der Waals surface area (Å²) in [6, 6.07) is 1.43. The fraction of sp³-hybridized carbons (Fsp3) is 0.286. The van der Waals surface area contributed by atoms with E-state index in [0.717, 1.165) is 0 Å². The second kappa shape index (κ2) is 4.97. The standard InChI is InChI=1S/C7H7Cl2N3O2/c1-14-6-2-4(9)10-7(12-6)11-5(13)3-8/h2H,3H2,1H3,(H,10,11,12,13). The summed E-state index contributed by atoms with van der Waals surface area (Å²) in [5, 5.41) is 2.53. The molecule has 14 heavy (non-hydrogen) atoms. The van der Waals surface area contributed by atoms with Gasteiger partial charge in [0.25, 0.3) is 0 Å². The lowest BCUT2D eigenvalue weighted by molar-refractivity contribution is -0.114. The second-order valence-electron chi connectivity index (χ2n) is 2.24. The summed E-state index contributed by atoms with van der Waals surface area (Å²) in [7, 11) is 1.44. The van der Waals surface area contributed by atoms with E-state index in [1.54, 1.807) is 0 Å². The second-order valence-corrected chi connectivity index (χ2v) is 2.89. The first kappa shape index (κ1) is 11.0. The highest BCUT2D eigenvalue weighted by molar-refractivity contribution is 6.30. The summed E-state index contributed by atoms with van der Waals surface area (Å²) in [6.45, 7) is 0. The van der Waals surface area contributed by atoms with Crippen molar-refractivity contribution < 1.29 is 9.53 Å². The molecule has 0 fully saturated rings. The van der Waals surface area contributed by atoms with Gasteiger partial charge in [-0.15, -0.1) is 11.6 Å². The highest BCUT2D eigenvalue weighted by atomic mass is 35.5. The van der Waals surface area contributed by atoms with E-state index in [1.165, 1.54) is 13.2 Å². The maximum absolute atomic E-state index is 10.9. The Morgan fingerprint density at radius 1 is 1.64 bits per heavy atom. The molecule has 0 spiro atoms. The molecule has 7 heteroatoms. The van der Waals surface area contributed by atoms with Crippen LogP contribution in [-0.4, -0.2) is 28.9 Å². The number of hydrogen-bond donors (Lipinski definition) is 1. The van der Waals surface area contributed by atoms with Gasteiger partial charge >= 0.3 is 0 Å². The van der Waals surface area contributed by atoms with Crippen LogP contribution in [0.5, 0.6) is 5.88 Å². The molecule has 0 aliphatic heterocycles. The number of aromatic nitrogens is 2. The van der Waals surface area contributed by atoms with Crippen molar-refractivity contribution in [1.82, 2.24) is 9.97 Å². The van der Waals surface area contributed by atoms with E-state index in [1.807, 2.05) is 0 Å². The Morgan fingerprint density at radius 3 is 2.93 bits per heavy atom. The zero-order valence-electron chi connectivity index (χ0n) is 7.25. The van der Waals surface area contributed by atoms with Crippen molar-refractivity contribution in [2.24, 2.45) is 0 Å². The Labute approximate surface area is 90.4 Å². The van der Waals surface area contributed by atoms with E-state index in [2.05, 4.69) is 15.3 Å². The van der Waals surface area contributed by atoms with Gasteiger partial charge in [0.15, 0.2) is 0 Å². The van der Waals surface area contributed by atoms with Crippen LogP contribution in [0.4, 0.5) is 5.95 Å². The molecule has 0 aliphatic rings. The quantitative estimate of drug-likeness (QED) is 0.634. The van der Waals surface area contributed by atoms with Gasteiger partial charge in [-0.25, -0.2) is 4.98 Å². The zero-order chi connectivity index (χ0) is 10.6. The van der Waals surface area contributed by atoms with Crippen LogP contribution >= 0.6 is 23.2 Å². The molecule has 0 aromatic carbocycles. The van der Waals surface area contributed by atoms with E-state index in [4.69, 9.17) is 27.9 Å². The van der Waals surface area contributed by atoms with Crippen molar-refractivity contribution >= 4 is 35.1 Å². The van der Waals surface area contributed by atoms with Gasteiger partial charge in [-0.3, -0.25) is 10.1 Å². The van der Waals surface area contributed by atoms with Crippen molar-refractivity contribution in [1.29, 1.82) is 0 Å². The minimum atomic E-state index is -0.406. The number of alkyl halides is 1. The molecule has 5 nitrogen and oxygen atoms in total. The number of amides is 1. The summed E-state index contributed by atoms with van der Waals surface area (Å²) >= 11 is 10.9. The molecule has 1 rings (SSSR count). The fourth-order valence-corrected chi connectivity index (χ4v) is 0.956. The number of nitrogens with one attached hydrogen (secondary N) is 1. The fourth-order valence-electron chi connectivity index (χ4n) is 0.716. The third-order valence-corrected chi connectivity index (χ3v) is 1.69. The average Bonchev–Trinajstić information content (AvgIpc) is 2.16. The van der Waals surface area contributed by atoms with Crippen LogP contribution in [0.2, 0.25) is 5.15 Å². The summed E-state index contributed by atoms with van der Waals surface area (Å²) in [5.41, 5.74) is 0. The van der Waals surface area contributed by atoms with Crippen LogP contribution in [0.1, 0.15) is 0 Å². The predicted octanol–water partition coefficient (Wildman–Crippen LogP) is 1.32. The first-order valence-corrected chi connectivity index (χ1v) is 4.51. The molecule has 0 atom stereocenters. The highest BCUT2D eigenvalue weighted by Crippen LogP contribution is 2.15. The van der Waals surface area contributed by atoms with Crippen molar-refractivity contribution in [3.8, 4) is 5.88 Å². The summed E-state index contributed by atoms with van der Waals surface area (Å²) in [4.78, 5) is 18.5. The molecule has 0 saturated carbocycles. The van der Waals surface area contributed by atoms with Crippen LogP contribution in [0, 0.1) is 0 Å². The smallest absolute Gasteiger partial charge is 0.241 e. The Kier molecular flexibility index (Phi) is 3.91. The molecule has 0 bridgehead atoms. The summed E-state index contributed by atoms with van der Waals surface area (Å²) in [6.07, 6.45) is 0. The lowest BCUT2D eigenvalue weighted by atomic mass is 10.6. The molecular formula is C7H7Cl2N3O2. The van der Waals surface area contributed by atoms with Gasteiger partial charge in [0, 0.05) is 6.07 Å². The highest BCUT2D eigenvalue weighted by Gasteiger charge is 2.06. The Morgan fingerprint density at radius 2 is 2.36 bits per heavy atom. The molecule has 1 amide bonds. The summed E-state index contributed by atoms with van der Waals surface area (Å²) in [5.74, 6) is -0.232. The van der Waals surface area contributed by atoms with Crippen LogP contribution in [0.3, 0.4) is 0 Å². The topological polar surface area (TPSA) is 64.1 Å². The van der Waals surface area contributed by atoms with E-state index in [-0.39, 0.29) is 22.9 Å². The van der Waals surface area contributed by atoms with Crippen LogP contribution in [0.15, 0.2) is 6.07 Å². The average molecular weight is 236 g/mol. The van der Waals surface area contributed by atoms with Gasteiger partial charge in [-0.2, -0.15) is 4.98 Å². The third kappa shape index (κ3) is 3.01. The first-order valence-electron chi connectivity index (χ1n) is 3.60. The number of carbonyl (C=O) groups excluding carboxylic acids is 1. The number of halogens is 2. The monoisotopic (exact) mass is 235 g/mol. The van der Waals surface area contributed by atoms with E-state index in [0.29, 0.717) is 0 Å². The normalized spacial score (nSPS) is 9.64. The molecule has 0 unspecified atom stereocenters. The molecule has 0 saturated heterocycles. The van der Waals surface area contributed by atoms with Gasteiger partial charge in [0.2, 0.25) is 17.7 Å². The molecule has 0 aliphatic carbocycles. The first-order chi connectivity index (χ1) is 6.65. The number of methoxy groups -OCH3 is 1. The minimum absolute atomic E-state index is 0.0694. The molecule has 1 heterocycles. The van der Waals surface area contributed by atoms with Crippen molar-refractivity contribution in [2.75, 3.05) is 18.3 Å². The van der Waals surface area contributed by atoms with E-state index < -0.39 is 5.91 Å². The Hall–Kier alpha value is -1.07. The number of ether oxygens (including phenoxy) is 1. The largest absolute Gasteiger partial charge is 0.481 e. The minimum Gasteiger partial charge on any atom is -0.481 e. The number of rotatable bonds is 3. The molecule has 1 N–H and O–H groups in total. The number of anilines is 1. The molecule has 76 valence electrons. The van der Waals surface area contributed by atoms with Crippen LogP contribution in [0.25, 0.3) is 0 Å². The van der Waals surface area contributed by atoms with Crippen molar-refractivity contribution in [3.63, 3.8) is 0 Å². The van der Waals surface area contributed by atoms with Crippen molar-refractivity contribution in [2.45, 2.75) is 0 Å². The van der Waals surface area contributed by atoms with Crippen molar-refractivity contribution in [3.05, 3.63) is 11.2 Å². The van der Waals surface area contributed by atoms with Crippen LogP contribution in [-0.2, 0) is 4.79 Å². The SMILES string of the molecule is COc1cc(Cl)nc(NC(=O)CCl)n1. The third-order valence-electron chi connectivity index (χ3n) is 1.25. The maximum Gasteiger partial charge on any atom is 0.241 e. The molecular weight excluding hydrogens is 229 g/mol. The van der Waals surface area contributed by atoms with Gasteiger partial charge in [-0.05, 0) is 0 Å². The molecule has 0 radical (unpaired) electrons. The van der Waals surface area contributed by atoms with Crippen LogP contribution < -0.4 is 10.1 Å². The number of nitrogens with zero attached hydrogens (tertiary/aromatic N) is 2. The molecule has 1 aromatic heterocycles. The Bertz CT molecular complexity index is 346. The maximum atomic E-state index is 10.9. The van der Waals surface area contributed by atoms with E-state index >= 15 is 0 Å². The molecule has 1 aromatic rings. The number of hydrogen-bond acceptors (Lipinski definition) is 4. The zero-order valence-corrected chi connectivity index (χ0v) is 8.76. The van der Waals surface area contributed by atoms with Gasteiger partial charge in [-0.1, -0.05) is 11.6 Å². The number of carbonyl (C=O) groups is 1. The van der Waals surface area contributed by atoms with Gasteiger partial charge < -0.3 is 4.74 Å². The van der Waals surface area contributed by atoms with E-state index in [9.17, 15) is 4.79 Å². The van der Waals surface area contributed by atoms with Gasteiger partial charge in [0.1, 0.15) is 11.0 Å².